The fourth-order valence-corrected chi connectivity index (χ4v) is 3.16. The van der Waals surface area contributed by atoms with Gasteiger partial charge < -0.3 is 15.5 Å². The molecule has 0 spiro atoms. The molecule has 1 saturated heterocycles. The van der Waals surface area contributed by atoms with Crippen molar-refractivity contribution in [1.29, 1.82) is 0 Å². The van der Waals surface area contributed by atoms with E-state index in [4.69, 9.17) is 11.6 Å². The Balaban J connectivity index is 1.44. The summed E-state index contributed by atoms with van der Waals surface area (Å²) in [5.41, 5.74) is 3.16. The predicted molar refractivity (Wildman–Crippen MR) is 108 cm³/mol. The summed E-state index contributed by atoms with van der Waals surface area (Å²) in [6, 6.07) is 17.7. The van der Waals surface area contributed by atoms with Crippen LogP contribution in [0.5, 0.6) is 0 Å². The zero-order chi connectivity index (χ0) is 17.8. The standard InChI is InChI=1S/C20H20ClN5/c21-15-3-5-16(6-4-15)23-19-11-12-22-20(25-19)24-17-7-9-18(10-8-17)26-13-1-2-14-26/h3-12H,1-2,13-14H2,(H2,22,23,24,25). The van der Waals surface area contributed by atoms with E-state index in [0.717, 1.165) is 30.3 Å². The zero-order valence-electron chi connectivity index (χ0n) is 14.3. The smallest absolute Gasteiger partial charge is 0.229 e. The molecule has 0 amide bonds. The maximum Gasteiger partial charge on any atom is 0.229 e. The van der Waals surface area contributed by atoms with Gasteiger partial charge in [-0.15, -0.1) is 0 Å². The molecule has 1 aliphatic heterocycles. The molecule has 1 aliphatic rings. The lowest BCUT2D eigenvalue weighted by Crippen LogP contribution is -2.17. The third-order valence-corrected chi connectivity index (χ3v) is 4.62. The van der Waals surface area contributed by atoms with Crippen molar-refractivity contribution in [3.8, 4) is 0 Å². The Kier molecular flexibility index (Phi) is 4.88. The first-order chi connectivity index (χ1) is 12.8. The van der Waals surface area contributed by atoms with E-state index in [1.807, 2.05) is 30.3 Å². The lowest BCUT2D eigenvalue weighted by atomic mass is 10.2. The Morgan fingerprint density at radius 1 is 0.808 bits per heavy atom. The van der Waals surface area contributed by atoms with E-state index in [9.17, 15) is 0 Å². The second-order valence-corrected chi connectivity index (χ2v) is 6.70. The Hall–Kier alpha value is -2.79. The van der Waals surface area contributed by atoms with Crippen LogP contribution in [0.4, 0.5) is 28.8 Å². The number of nitrogens with one attached hydrogen (secondary N) is 2. The van der Waals surface area contributed by atoms with Crippen molar-refractivity contribution in [2.24, 2.45) is 0 Å². The number of benzene rings is 2. The number of aromatic nitrogens is 2. The van der Waals surface area contributed by atoms with Crippen LogP contribution in [0.15, 0.2) is 60.8 Å². The first kappa shape index (κ1) is 16.7. The first-order valence-electron chi connectivity index (χ1n) is 8.74. The third-order valence-electron chi connectivity index (χ3n) is 4.37. The molecule has 1 fully saturated rings. The van der Waals surface area contributed by atoms with Gasteiger partial charge in [-0.2, -0.15) is 4.98 Å². The molecule has 26 heavy (non-hydrogen) atoms. The van der Waals surface area contributed by atoms with Gasteiger partial charge in [-0.25, -0.2) is 4.98 Å². The van der Waals surface area contributed by atoms with Crippen LogP contribution in [0.1, 0.15) is 12.8 Å². The molecule has 2 heterocycles. The van der Waals surface area contributed by atoms with Gasteiger partial charge >= 0.3 is 0 Å². The molecular formula is C20H20ClN5. The largest absolute Gasteiger partial charge is 0.372 e. The van der Waals surface area contributed by atoms with Gasteiger partial charge in [-0.1, -0.05) is 11.6 Å². The van der Waals surface area contributed by atoms with Crippen LogP contribution in [0.2, 0.25) is 5.02 Å². The normalized spacial score (nSPS) is 13.7. The number of rotatable bonds is 5. The molecule has 132 valence electrons. The van der Waals surface area contributed by atoms with Gasteiger partial charge in [0.05, 0.1) is 0 Å². The van der Waals surface area contributed by atoms with Crippen LogP contribution in [-0.2, 0) is 0 Å². The van der Waals surface area contributed by atoms with Crippen LogP contribution in [0.3, 0.4) is 0 Å². The summed E-state index contributed by atoms with van der Waals surface area (Å²) in [6.07, 6.45) is 4.29. The quantitative estimate of drug-likeness (QED) is 0.649. The fraction of sp³-hybridized carbons (Fsp3) is 0.200. The fourth-order valence-electron chi connectivity index (χ4n) is 3.03. The molecule has 5 nitrogen and oxygen atoms in total. The van der Waals surface area contributed by atoms with Crippen molar-refractivity contribution in [3.05, 3.63) is 65.8 Å². The molecule has 0 unspecified atom stereocenters. The minimum Gasteiger partial charge on any atom is -0.372 e. The molecule has 2 N–H and O–H groups in total. The number of hydrogen-bond acceptors (Lipinski definition) is 5. The molecule has 0 bridgehead atoms. The topological polar surface area (TPSA) is 53.1 Å². The summed E-state index contributed by atoms with van der Waals surface area (Å²) in [4.78, 5) is 11.2. The van der Waals surface area contributed by atoms with Crippen LogP contribution < -0.4 is 15.5 Å². The van der Waals surface area contributed by atoms with Crippen LogP contribution in [-0.4, -0.2) is 23.1 Å². The van der Waals surface area contributed by atoms with Gasteiger partial charge in [0, 0.05) is 41.4 Å². The summed E-state index contributed by atoms with van der Waals surface area (Å²) in [6.45, 7) is 2.29. The van der Waals surface area contributed by atoms with Gasteiger partial charge in [0.15, 0.2) is 0 Å². The third kappa shape index (κ3) is 4.06. The highest BCUT2D eigenvalue weighted by Crippen LogP contribution is 2.24. The highest BCUT2D eigenvalue weighted by molar-refractivity contribution is 6.30. The average Bonchev–Trinajstić information content (AvgIpc) is 3.19. The SMILES string of the molecule is Clc1ccc(Nc2ccnc(Nc3ccc(N4CCCC4)cc3)n2)cc1. The zero-order valence-corrected chi connectivity index (χ0v) is 15.1. The number of halogens is 1. The van der Waals surface area contributed by atoms with Crippen molar-refractivity contribution in [2.45, 2.75) is 12.8 Å². The minimum atomic E-state index is 0.554. The van der Waals surface area contributed by atoms with E-state index >= 15 is 0 Å². The van der Waals surface area contributed by atoms with E-state index in [2.05, 4.69) is 49.8 Å². The van der Waals surface area contributed by atoms with Crippen LogP contribution in [0.25, 0.3) is 0 Å². The van der Waals surface area contributed by atoms with E-state index in [-0.39, 0.29) is 0 Å². The van der Waals surface area contributed by atoms with Crippen molar-refractivity contribution >= 4 is 40.4 Å². The monoisotopic (exact) mass is 365 g/mol. The minimum absolute atomic E-state index is 0.554. The second kappa shape index (κ2) is 7.62. The Morgan fingerprint density at radius 3 is 2.19 bits per heavy atom. The number of anilines is 5. The molecule has 0 saturated carbocycles. The van der Waals surface area contributed by atoms with Crippen molar-refractivity contribution < 1.29 is 0 Å². The molecule has 1 aromatic heterocycles. The Bertz CT molecular complexity index is 858. The van der Waals surface area contributed by atoms with E-state index in [0.29, 0.717) is 11.0 Å². The molecular weight excluding hydrogens is 346 g/mol. The molecule has 3 aromatic rings. The molecule has 4 rings (SSSR count). The van der Waals surface area contributed by atoms with Crippen LogP contribution >= 0.6 is 11.6 Å². The number of nitrogens with zero attached hydrogens (tertiary/aromatic N) is 3. The van der Waals surface area contributed by atoms with Gasteiger partial charge in [-0.3, -0.25) is 0 Å². The summed E-state index contributed by atoms with van der Waals surface area (Å²) in [5.74, 6) is 1.27. The van der Waals surface area contributed by atoms with Crippen LogP contribution in [0, 0.1) is 0 Å². The molecule has 0 atom stereocenters. The van der Waals surface area contributed by atoms with E-state index in [1.54, 1.807) is 6.20 Å². The van der Waals surface area contributed by atoms with E-state index in [1.165, 1.54) is 18.5 Å². The molecule has 0 radical (unpaired) electrons. The van der Waals surface area contributed by atoms with Crippen molar-refractivity contribution in [2.75, 3.05) is 28.6 Å². The van der Waals surface area contributed by atoms with Crippen molar-refractivity contribution in [3.63, 3.8) is 0 Å². The molecule has 0 aliphatic carbocycles. The highest BCUT2D eigenvalue weighted by atomic mass is 35.5. The second-order valence-electron chi connectivity index (χ2n) is 6.26. The lowest BCUT2D eigenvalue weighted by molar-refractivity contribution is 0.949. The maximum absolute atomic E-state index is 5.92. The molecule has 6 heteroatoms. The summed E-state index contributed by atoms with van der Waals surface area (Å²) >= 11 is 5.92. The van der Waals surface area contributed by atoms with Gasteiger partial charge in [-0.05, 0) is 67.4 Å². The maximum atomic E-state index is 5.92. The highest BCUT2D eigenvalue weighted by Gasteiger charge is 2.11. The lowest BCUT2D eigenvalue weighted by Gasteiger charge is -2.17. The first-order valence-corrected chi connectivity index (χ1v) is 9.12. The average molecular weight is 366 g/mol. The summed E-state index contributed by atoms with van der Waals surface area (Å²) in [5, 5.41) is 7.21. The van der Waals surface area contributed by atoms with Gasteiger partial charge in [0.25, 0.3) is 0 Å². The molecule has 2 aromatic carbocycles. The van der Waals surface area contributed by atoms with Crippen molar-refractivity contribution in [1.82, 2.24) is 9.97 Å². The van der Waals surface area contributed by atoms with Gasteiger partial charge in [0.1, 0.15) is 5.82 Å². The van der Waals surface area contributed by atoms with E-state index < -0.39 is 0 Å². The summed E-state index contributed by atoms with van der Waals surface area (Å²) in [7, 11) is 0. The number of hydrogen-bond donors (Lipinski definition) is 2. The Morgan fingerprint density at radius 2 is 1.46 bits per heavy atom. The van der Waals surface area contributed by atoms with Gasteiger partial charge in [0.2, 0.25) is 5.95 Å². The Labute approximate surface area is 158 Å². The summed E-state index contributed by atoms with van der Waals surface area (Å²) < 4.78 is 0. The predicted octanol–water partition coefficient (Wildman–Crippen LogP) is 5.22.